The molecule has 1 saturated heterocycles. The Bertz CT molecular complexity index is 292. The third-order valence-electron chi connectivity index (χ3n) is 2.98. The van der Waals surface area contributed by atoms with Crippen molar-refractivity contribution in [2.24, 2.45) is 13.0 Å². The van der Waals surface area contributed by atoms with Gasteiger partial charge >= 0.3 is 0 Å². The predicted molar refractivity (Wildman–Crippen MR) is 65.0 cm³/mol. The van der Waals surface area contributed by atoms with Crippen LogP contribution in [0.5, 0.6) is 0 Å². The van der Waals surface area contributed by atoms with Crippen LogP contribution < -0.4 is 5.32 Å². The van der Waals surface area contributed by atoms with Crippen molar-refractivity contribution >= 4 is 11.8 Å². The second kappa shape index (κ2) is 5.56. The molecule has 0 radical (unpaired) electrons. The van der Waals surface area contributed by atoms with Gasteiger partial charge in [0.1, 0.15) is 5.82 Å². The highest BCUT2D eigenvalue weighted by molar-refractivity contribution is 7.99. The summed E-state index contributed by atoms with van der Waals surface area (Å²) in [5.74, 6) is 4.69. The normalized spacial score (nSPS) is 18.2. The van der Waals surface area contributed by atoms with E-state index in [1.165, 1.54) is 24.3 Å². The molecule has 15 heavy (non-hydrogen) atoms. The number of imidazole rings is 1. The van der Waals surface area contributed by atoms with Crippen molar-refractivity contribution in [2.75, 3.05) is 18.1 Å². The van der Waals surface area contributed by atoms with E-state index in [0.29, 0.717) is 0 Å². The SMILES string of the molecule is Cn1ccnc1CNCC1CCSCC1. The van der Waals surface area contributed by atoms with Crippen molar-refractivity contribution < 1.29 is 0 Å². The van der Waals surface area contributed by atoms with Gasteiger partial charge in [0.05, 0.1) is 6.54 Å². The molecule has 3 nitrogen and oxygen atoms in total. The zero-order valence-electron chi connectivity index (χ0n) is 9.28. The second-order valence-corrected chi connectivity index (χ2v) is 5.37. The fourth-order valence-electron chi connectivity index (χ4n) is 1.91. The monoisotopic (exact) mass is 225 g/mol. The standard InChI is InChI=1S/C11H19N3S/c1-14-5-4-13-11(14)9-12-8-10-2-6-15-7-3-10/h4-5,10,12H,2-3,6-9H2,1H3. The van der Waals surface area contributed by atoms with Crippen LogP contribution in [-0.2, 0) is 13.6 Å². The van der Waals surface area contributed by atoms with Crippen LogP contribution in [0.15, 0.2) is 12.4 Å². The van der Waals surface area contributed by atoms with Crippen molar-refractivity contribution in [3.63, 3.8) is 0 Å². The molecule has 1 aromatic heterocycles. The molecule has 1 N–H and O–H groups in total. The zero-order chi connectivity index (χ0) is 10.5. The van der Waals surface area contributed by atoms with Crippen LogP contribution >= 0.6 is 11.8 Å². The quantitative estimate of drug-likeness (QED) is 0.845. The van der Waals surface area contributed by atoms with Crippen LogP contribution in [0.2, 0.25) is 0 Å². The number of rotatable bonds is 4. The zero-order valence-corrected chi connectivity index (χ0v) is 10.1. The molecule has 4 heteroatoms. The smallest absolute Gasteiger partial charge is 0.122 e. The number of thioether (sulfide) groups is 1. The first-order valence-electron chi connectivity index (χ1n) is 5.61. The van der Waals surface area contributed by atoms with Crippen LogP contribution in [0, 0.1) is 5.92 Å². The van der Waals surface area contributed by atoms with E-state index in [4.69, 9.17) is 0 Å². The van der Waals surface area contributed by atoms with Gasteiger partial charge in [0, 0.05) is 19.4 Å². The Balaban J connectivity index is 1.68. The van der Waals surface area contributed by atoms with E-state index in [0.717, 1.165) is 24.8 Å². The van der Waals surface area contributed by atoms with Crippen LogP contribution in [0.1, 0.15) is 18.7 Å². The van der Waals surface area contributed by atoms with Crippen molar-refractivity contribution in [1.29, 1.82) is 0 Å². The predicted octanol–water partition coefficient (Wildman–Crippen LogP) is 1.65. The first-order valence-corrected chi connectivity index (χ1v) is 6.76. The highest BCUT2D eigenvalue weighted by atomic mass is 32.2. The van der Waals surface area contributed by atoms with E-state index < -0.39 is 0 Å². The van der Waals surface area contributed by atoms with Gasteiger partial charge in [0.15, 0.2) is 0 Å². The molecule has 0 aromatic carbocycles. The van der Waals surface area contributed by atoms with Crippen LogP contribution in [0.4, 0.5) is 0 Å². The minimum absolute atomic E-state index is 0.881. The summed E-state index contributed by atoms with van der Waals surface area (Å²) in [6, 6.07) is 0. The van der Waals surface area contributed by atoms with Crippen LogP contribution in [0.3, 0.4) is 0 Å². The summed E-state index contributed by atoms with van der Waals surface area (Å²) in [4.78, 5) is 4.29. The van der Waals surface area contributed by atoms with Gasteiger partial charge < -0.3 is 9.88 Å². The fourth-order valence-corrected chi connectivity index (χ4v) is 3.11. The number of nitrogens with zero attached hydrogens (tertiary/aromatic N) is 2. The summed E-state index contributed by atoms with van der Waals surface area (Å²) >= 11 is 2.09. The van der Waals surface area contributed by atoms with Gasteiger partial charge in [0.2, 0.25) is 0 Å². The van der Waals surface area contributed by atoms with Crippen molar-refractivity contribution in [3.05, 3.63) is 18.2 Å². The maximum atomic E-state index is 4.29. The van der Waals surface area contributed by atoms with Gasteiger partial charge in [-0.15, -0.1) is 0 Å². The topological polar surface area (TPSA) is 29.9 Å². The van der Waals surface area contributed by atoms with Gasteiger partial charge in [0.25, 0.3) is 0 Å². The van der Waals surface area contributed by atoms with Crippen molar-refractivity contribution in [2.45, 2.75) is 19.4 Å². The van der Waals surface area contributed by atoms with Crippen LogP contribution in [-0.4, -0.2) is 27.6 Å². The molecule has 0 amide bonds. The average molecular weight is 225 g/mol. The summed E-state index contributed by atoms with van der Waals surface area (Å²) in [5.41, 5.74) is 0. The number of hydrogen-bond donors (Lipinski definition) is 1. The second-order valence-electron chi connectivity index (χ2n) is 4.14. The molecular formula is C11H19N3S. The molecule has 84 valence electrons. The summed E-state index contributed by atoms with van der Waals surface area (Å²) in [7, 11) is 2.04. The highest BCUT2D eigenvalue weighted by Crippen LogP contribution is 2.21. The van der Waals surface area contributed by atoms with E-state index in [2.05, 4.69) is 26.6 Å². The fraction of sp³-hybridized carbons (Fsp3) is 0.727. The number of aromatic nitrogens is 2. The Labute approximate surface area is 95.7 Å². The molecule has 0 spiro atoms. The third kappa shape index (κ3) is 3.24. The number of aryl methyl sites for hydroxylation is 1. The van der Waals surface area contributed by atoms with E-state index in [9.17, 15) is 0 Å². The molecule has 0 atom stereocenters. The first kappa shape index (κ1) is 11.0. The minimum Gasteiger partial charge on any atom is -0.337 e. The Morgan fingerprint density at radius 1 is 1.53 bits per heavy atom. The molecule has 0 aliphatic carbocycles. The summed E-state index contributed by atoms with van der Waals surface area (Å²) in [6.07, 6.45) is 6.60. The largest absolute Gasteiger partial charge is 0.337 e. The van der Waals surface area contributed by atoms with Crippen LogP contribution in [0.25, 0.3) is 0 Å². The molecule has 0 unspecified atom stereocenters. The number of hydrogen-bond acceptors (Lipinski definition) is 3. The Hall–Kier alpha value is -0.480. The maximum Gasteiger partial charge on any atom is 0.122 e. The lowest BCUT2D eigenvalue weighted by molar-refractivity contribution is 0.442. The lowest BCUT2D eigenvalue weighted by Gasteiger charge is -2.21. The molecule has 1 aromatic rings. The molecule has 1 aliphatic heterocycles. The van der Waals surface area contributed by atoms with Gasteiger partial charge in [-0.3, -0.25) is 0 Å². The maximum absolute atomic E-state index is 4.29. The van der Waals surface area contributed by atoms with E-state index >= 15 is 0 Å². The Kier molecular flexibility index (Phi) is 4.09. The Morgan fingerprint density at radius 3 is 3.00 bits per heavy atom. The van der Waals surface area contributed by atoms with Gasteiger partial charge in [-0.05, 0) is 36.8 Å². The van der Waals surface area contributed by atoms with Crippen molar-refractivity contribution in [3.8, 4) is 0 Å². The molecule has 1 aliphatic rings. The van der Waals surface area contributed by atoms with Gasteiger partial charge in [-0.1, -0.05) is 0 Å². The molecule has 2 heterocycles. The molecule has 2 rings (SSSR count). The van der Waals surface area contributed by atoms with E-state index in [1.54, 1.807) is 0 Å². The first-order chi connectivity index (χ1) is 7.36. The molecule has 0 saturated carbocycles. The molecule has 0 bridgehead atoms. The lowest BCUT2D eigenvalue weighted by Crippen LogP contribution is -2.26. The van der Waals surface area contributed by atoms with E-state index in [-0.39, 0.29) is 0 Å². The summed E-state index contributed by atoms with van der Waals surface area (Å²) in [5, 5.41) is 3.51. The van der Waals surface area contributed by atoms with Gasteiger partial charge in [-0.25, -0.2) is 4.98 Å². The number of nitrogens with one attached hydrogen (secondary N) is 1. The highest BCUT2D eigenvalue weighted by Gasteiger charge is 2.13. The molecule has 1 fully saturated rings. The van der Waals surface area contributed by atoms with Crippen molar-refractivity contribution in [1.82, 2.24) is 14.9 Å². The van der Waals surface area contributed by atoms with Gasteiger partial charge in [-0.2, -0.15) is 11.8 Å². The summed E-state index contributed by atoms with van der Waals surface area (Å²) in [6.45, 7) is 2.04. The average Bonchev–Trinajstić information content (AvgIpc) is 2.66. The lowest BCUT2D eigenvalue weighted by atomic mass is 10.0. The third-order valence-corrected chi connectivity index (χ3v) is 4.03. The minimum atomic E-state index is 0.881. The Morgan fingerprint density at radius 2 is 2.33 bits per heavy atom. The van der Waals surface area contributed by atoms with E-state index in [1.807, 2.05) is 19.4 Å². The summed E-state index contributed by atoms with van der Waals surface area (Å²) < 4.78 is 2.07. The molecular weight excluding hydrogens is 206 g/mol.